The van der Waals surface area contributed by atoms with Crippen molar-refractivity contribution in [3.63, 3.8) is 0 Å². The molecule has 0 unspecified atom stereocenters. The summed E-state index contributed by atoms with van der Waals surface area (Å²) in [6, 6.07) is 9.84. The van der Waals surface area contributed by atoms with E-state index in [-0.39, 0.29) is 11.5 Å². The highest BCUT2D eigenvalue weighted by molar-refractivity contribution is 7.85. The molecule has 4 heteroatoms. The van der Waals surface area contributed by atoms with E-state index in [1.807, 2.05) is 0 Å². The zero-order chi connectivity index (χ0) is 13.3. The first kappa shape index (κ1) is 12.6. The number of hydrogen-bond donors (Lipinski definition) is 2. The zero-order valence-electron chi connectivity index (χ0n) is 10.2. The smallest absolute Gasteiger partial charge is 0.119 e. The molecule has 0 spiro atoms. The Morgan fingerprint density at radius 3 is 1.56 bits per heavy atom. The average Bonchev–Trinajstić information content (AvgIpc) is 2.35. The highest BCUT2D eigenvalue weighted by Gasteiger charge is 2.10. The molecule has 2 rings (SSSR count). The zero-order valence-corrected chi connectivity index (χ0v) is 11.0. The second kappa shape index (κ2) is 4.82. The van der Waals surface area contributed by atoms with Crippen molar-refractivity contribution in [1.29, 1.82) is 0 Å². The van der Waals surface area contributed by atoms with E-state index in [9.17, 15) is 14.4 Å². The summed E-state index contributed by atoms with van der Waals surface area (Å²) < 4.78 is 12.3. The van der Waals surface area contributed by atoms with Crippen molar-refractivity contribution in [2.24, 2.45) is 0 Å². The van der Waals surface area contributed by atoms with Crippen molar-refractivity contribution in [2.45, 2.75) is 23.6 Å². The standard InChI is InChI=1S/C14H14O3S/c1-9-3-5-11(7-13(9)15)18(17)12-6-4-10(2)14(16)8-12/h3-8,15-16H,1-2H3. The van der Waals surface area contributed by atoms with Gasteiger partial charge < -0.3 is 10.2 Å². The summed E-state index contributed by atoms with van der Waals surface area (Å²) in [6.45, 7) is 3.56. The van der Waals surface area contributed by atoms with Crippen molar-refractivity contribution in [1.82, 2.24) is 0 Å². The summed E-state index contributed by atoms with van der Waals surface area (Å²) in [5.74, 6) is 0.245. The fourth-order valence-electron chi connectivity index (χ4n) is 1.55. The van der Waals surface area contributed by atoms with E-state index in [1.165, 1.54) is 12.1 Å². The van der Waals surface area contributed by atoms with Gasteiger partial charge in [0.05, 0.1) is 10.8 Å². The van der Waals surface area contributed by atoms with Crippen LogP contribution in [-0.2, 0) is 10.8 Å². The number of phenolic OH excluding ortho intramolecular Hbond substituents is 2. The second-order valence-electron chi connectivity index (χ2n) is 4.17. The Balaban J connectivity index is 2.41. The molecule has 0 aliphatic carbocycles. The number of aromatic hydroxyl groups is 2. The van der Waals surface area contributed by atoms with Crippen molar-refractivity contribution in [3.05, 3.63) is 47.5 Å². The fourth-order valence-corrected chi connectivity index (χ4v) is 2.64. The van der Waals surface area contributed by atoms with Crippen LogP contribution in [-0.4, -0.2) is 14.4 Å². The monoisotopic (exact) mass is 262 g/mol. The molecule has 2 N–H and O–H groups in total. The lowest BCUT2D eigenvalue weighted by atomic mass is 10.2. The minimum absolute atomic E-state index is 0.122. The molecule has 0 saturated heterocycles. The van der Waals surface area contributed by atoms with Gasteiger partial charge in [-0.1, -0.05) is 12.1 Å². The van der Waals surface area contributed by atoms with Crippen LogP contribution in [0, 0.1) is 13.8 Å². The van der Waals surface area contributed by atoms with E-state index in [0.717, 1.165) is 11.1 Å². The van der Waals surface area contributed by atoms with E-state index in [0.29, 0.717) is 9.79 Å². The molecule has 0 atom stereocenters. The van der Waals surface area contributed by atoms with Crippen molar-refractivity contribution < 1.29 is 14.4 Å². The van der Waals surface area contributed by atoms with Gasteiger partial charge in [-0.05, 0) is 49.2 Å². The van der Waals surface area contributed by atoms with Crippen molar-refractivity contribution in [2.75, 3.05) is 0 Å². The summed E-state index contributed by atoms with van der Waals surface area (Å²) >= 11 is 0. The quantitative estimate of drug-likeness (QED) is 0.875. The van der Waals surface area contributed by atoms with Gasteiger partial charge in [-0.2, -0.15) is 0 Å². The number of aryl methyl sites for hydroxylation is 2. The largest absolute Gasteiger partial charge is 0.508 e. The van der Waals surface area contributed by atoms with E-state index >= 15 is 0 Å². The van der Waals surface area contributed by atoms with Gasteiger partial charge in [-0.15, -0.1) is 0 Å². The van der Waals surface area contributed by atoms with Gasteiger partial charge in [-0.25, -0.2) is 4.21 Å². The summed E-state index contributed by atoms with van der Waals surface area (Å²) in [5.41, 5.74) is 1.48. The summed E-state index contributed by atoms with van der Waals surface area (Å²) in [7, 11) is -1.40. The van der Waals surface area contributed by atoms with Gasteiger partial charge in [0.25, 0.3) is 0 Å². The normalized spacial score (nSPS) is 10.8. The SMILES string of the molecule is Cc1ccc(S(=O)c2ccc(C)c(O)c2)cc1O. The lowest BCUT2D eigenvalue weighted by Gasteiger charge is -2.06. The number of rotatable bonds is 2. The Morgan fingerprint density at radius 2 is 1.22 bits per heavy atom. The molecule has 94 valence electrons. The van der Waals surface area contributed by atoms with Crippen molar-refractivity contribution >= 4 is 10.8 Å². The van der Waals surface area contributed by atoms with Gasteiger partial charge in [-0.3, -0.25) is 0 Å². The highest BCUT2D eigenvalue weighted by atomic mass is 32.2. The Bertz CT molecular complexity index is 567. The molecule has 18 heavy (non-hydrogen) atoms. The maximum Gasteiger partial charge on any atom is 0.119 e. The maximum atomic E-state index is 12.3. The lowest BCUT2D eigenvalue weighted by Crippen LogP contribution is -1.93. The molecule has 0 fully saturated rings. The van der Waals surface area contributed by atoms with E-state index in [4.69, 9.17) is 0 Å². The van der Waals surface area contributed by atoms with Crippen LogP contribution in [0.4, 0.5) is 0 Å². The summed E-state index contributed by atoms with van der Waals surface area (Å²) in [6.07, 6.45) is 0. The molecule has 0 heterocycles. The predicted octanol–water partition coefficient (Wildman–Crippen LogP) is 2.88. The van der Waals surface area contributed by atoms with Crippen LogP contribution in [0.2, 0.25) is 0 Å². The van der Waals surface area contributed by atoms with Crippen LogP contribution in [0.5, 0.6) is 11.5 Å². The molecule has 0 aliphatic rings. The number of phenols is 2. The fraction of sp³-hybridized carbons (Fsp3) is 0.143. The Hall–Kier alpha value is -1.81. The van der Waals surface area contributed by atoms with E-state index in [1.54, 1.807) is 38.1 Å². The lowest BCUT2D eigenvalue weighted by molar-refractivity contribution is 0.469. The third-order valence-corrected chi connectivity index (χ3v) is 4.15. The first-order valence-corrected chi connectivity index (χ1v) is 6.65. The molecule has 0 amide bonds. The van der Waals surface area contributed by atoms with Crippen LogP contribution in [0.15, 0.2) is 46.2 Å². The molecule has 0 saturated carbocycles. The van der Waals surface area contributed by atoms with E-state index < -0.39 is 10.8 Å². The Kier molecular flexibility index (Phi) is 3.39. The molecule has 0 bridgehead atoms. The molecule has 2 aromatic carbocycles. The first-order valence-electron chi connectivity index (χ1n) is 5.50. The van der Waals surface area contributed by atoms with Crippen LogP contribution in [0.1, 0.15) is 11.1 Å². The molecular formula is C14H14O3S. The van der Waals surface area contributed by atoms with Gasteiger partial charge in [0.1, 0.15) is 11.5 Å². The van der Waals surface area contributed by atoms with Gasteiger partial charge in [0.2, 0.25) is 0 Å². The van der Waals surface area contributed by atoms with Gasteiger partial charge >= 0.3 is 0 Å². The van der Waals surface area contributed by atoms with Crippen LogP contribution in [0.25, 0.3) is 0 Å². The van der Waals surface area contributed by atoms with Gasteiger partial charge in [0, 0.05) is 9.79 Å². The first-order chi connectivity index (χ1) is 8.49. The minimum Gasteiger partial charge on any atom is -0.508 e. The Labute approximate surface area is 108 Å². The number of benzene rings is 2. The highest BCUT2D eigenvalue weighted by Crippen LogP contribution is 2.26. The predicted molar refractivity (Wildman–Crippen MR) is 70.4 cm³/mol. The summed E-state index contributed by atoms with van der Waals surface area (Å²) in [4.78, 5) is 1.03. The maximum absolute atomic E-state index is 12.3. The van der Waals surface area contributed by atoms with Crippen LogP contribution < -0.4 is 0 Å². The molecule has 0 radical (unpaired) electrons. The third-order valence-electron chi connectivity index (χ3n) is 2.79. The average molecular weight is 262 g/mol. The van der Waals surface area contributed by atoms with Crippen molar-refractivity contribution in [3.8, 4) is 11.5 Å². The van der Waals surface area contributed by atoms with Crippen LogP contribution >= 0.6 is 0 Å². The molecule has 0 aliphatic heterocycles. The van der Waals surface area contributed by atoms with E-state index in [2.05, 4.69) is 0 Å². The minimum atomic E-state index is -1.40. The molecule has 3 nitrogen and oxygen atoms in total. The second-order valence-corrected chi connectivity index (χ2v) is 5.65. The third kappa shape index (κ3) is 2.38. The summed E-state index contributed by atoms with van der Waals surface area (Å²) in [5, 5.41) is 19.2. The molecular weight excluding hydrogens is 248 g/mol. The topological polar surface area (TPSA) is 57.5 Å². The molecule has 0 aromatic heterocycles. The van der Waals surface area contributed by atoms with Crippen LogP contribution in [0.3, 0.4) is 0 Å². The van der Waals surface area contributed by atoms with Gasteiger partial charge in [0.15, 0.2) is 0 Å². The number of hydrogen-bond acceptors (Lipinski definition) is 3. The Morgan fingerprint density at radius 1 is 0.833 bits per heavy atom. The molecule has 2 aromatic rings.